The number of carbonyl (C=O) groups excluding carboxylic acids is 1. The van der Waals surface area contributed by atoms with Gasteiger partial charge in [-0.2, -0.15) is 4.31 Å². The lowest BCUT2D eigenvalue weighted by Crippen LogP contribution is -2.36. The van der Waals surface area contributed by atoms with Crippen LogP contribution < -0.4 is 10.2 Å². The number of rotatable bonds is 5. The second-order valence-electron chi connectivity index (χ2n) is 7.15. The predicted octanol–water partition coefficient (Wildman–Crippen LogP) is 2.54. The summed E-state index contributed by atoms with van der Waals surface area (Å²) in [5, 5.41) is 2.66. The van der Waals surface area contributed by atoms with Crippen molar-refractivity contribution in [3.8, 4) is 0 Å². The molecule has 2 saturated heterocycles. The predicted molar refractivity (Wildman–Crippen MR) is 109 cm³/mol. The average molecular weight is 420 g/mol. The Balaban J connectivity index is 1.50. The normalized spacial score (nSPS) is 18.6. The molecule has 1 N–H and O–H groups in total. The molecule has 2 fully saturated rings. The molecule has 29 heavy (non-hydrogen) atoms. The number of furan rings is 1. The van der Waals surface area contributed by atoms with Gasteiger partial charge in [-0.15, -0.1) is 0 Å². The second-order valence-corrected chi connectivity index (χ2v) is 9.02. The fourth-order valence-electron chi connectivity index (χ4n) is 3.66. The summed E-state index contributed by atoms with van der Waals surface area (Å²) in [6, 6.07) is 10.3. The summed E-state index contributed by atoms with van der Waals surface area (Å²) in [7, 11) is -3.71. The molecule has 2 aliphatic heterocycles. The number of sulfonamides is 1. The highest BCUT2D eigenvalue weighted by Crippen LogP contribution is 2.28. The Morgan fingerprint density at radius 2 is 1.66 bits per heavy atom. The highest BCUT2D eigenvalue weighted by Gasteiger charge is 2.30. The largest absolute Gasteiger partial charge is 0.438 e. The van der Waals surface area contributed by atoms with Gasteiger partial charge >= 0.3 is 0 Å². The highest BCUT2D eigenvalue weighted by atomic mass is 32.2. The number of anilines is 2. The zero-order chi connectivity index (χ0) is 20.3. The first-order chi connectivity index (χ1) is 14.1. The van der Waals surface area contributed by atoms with Crippen molar-refractivity contribution in [2.24, 2.45) is 0 Å². The van der Waals surface area contributed by atoms with Gasteiger partial charge in [-0.25, -0.2) is 8.42 Å². The van der Waals surface area contributed by atoms with E-state index in [0.717, 1.165) is 38.0 Å². The molecular formula is C20H25N3O5S. The molecule has 8 nitrogen and oxygen atoms in total. The SMILES string of the molecule is O=C(Nc1ccccc1N1CCOCC1)c1ccc(S(=O)(=O)N2CCCCC2)o1. The Morgan fingerprint density at radius 1 is 0.931 bits per heavy atom. The number of morpholine rings is 1. The molecule has 0 spiro atoms. The number of amides is 1. The molecule has 0 unspecified atom stereocenters. The molecular weight excluding hydrogens is 394 g/mol. The first-order valence-electron chi connectivity index (χ1n) is 9.89. The van der Waals surface area contributed by atoms with E-state index in [2.05, 4.69) is 10.2 Å². The Morgan fingerprint density at radius 3 is 2.41 bits per heavy atom. The van der Waals surface area contributed by atoms with E-state index in [0.29, 0.717) is 32.0 Å². The van der Waals surface area contributed by atoms with E-state index in [1.807, 2.05) is 24.3 Å². The number of carbonyl (C=O) groups is 1. The van der Waals surface area contributed by atoms with Crippen LogP contribution in [0.15, 0.2) is 45.9 Å². The molecule has 1 aromatic heterocycles. The van der Waals surface area contributed by atoms with Crippen molar-refractivity contribution in [3.63, 3.8) is 0 Å². The Bertz CT molecular complexity index is 960. The molecule has 0 bridgehead atoms. The maximum absolute atomic E-state index is 12.7. The fraction of sp³-hybridized carbons (Fsp3) is 0.450. The van der Waals surface area contributed by atoms with Gasteiger partial charge in [-0.1, -0.05) is 18.6 Å². The topological polar surface area (TPSA) is 92.1 Å². The van der Waals surface area contributed by atoms with Crippen molar-refractivity contribution < 1.29 is 22.4 Å². The summed E-state index contributed by atoms with van der Waals surface area (Å²) in [4.78, 5) is 14.9. The Kier molecular flexibility index (Phi) is 5.89. The van der Waals surface area contributed by atoms with Crippen molar-refractivity contribution in [2.75, 3.05) is 49.6 Å². The lowest BCUT2D eigenvalue weighted by Gasteiger charge is -2.30. The van der Waals surface area contributed by atoms with Crippen LogP contribution in [0, 0.1) is 0 Å². The summed E-state index contributed by atoms with van der Waals surface area (Å²) in [5.74, 6) is -0.511. The summed E-state index contributed by atoms with van der Waals surface area (Å²) in [6.07, 6.45) is 2.71. The van der Waals surface area contributed by atoms with Gasteiger partial charge in [0.1, 0.15) is 0 Å². The van der Waals surface area contributed by atoms with Crippen molar-refractivity contribution in [1.82, 2.24) is 4.31 Å². The minimum absolute atomic E-state index is 0.0302. The van der Waals surface area contributed by atoms with Crippen LogP contribution in [0.4, 0.5) is 11.4 Å². The van der Waals surface area contributed by atoms with Gasteiger partial charge in [0.2, 0.25) is 5.09 Å². The summed E-state index contributed by atoms with van der Waals surface area (Å²) in [5.41, 5.74) is 1.55. The van der Waals surface area contributed by atoms with E-state index >= 15 is 0 Å². The highest BCUT2D eigenvalue weighted by molar-refractivity contribution is 7.89. The number of nitrogens with zero attached hydrogens (tertiary/aromatic N) is 2. The molecule has 9 heteroatoms. The summed E-state index contributed by atoms with van der Waals surface area (Å²) >= 11 is 0. The average Bonchev–Trinajstić information content (AvgIpc) is 3.27. The van der Waals surface area contributed by atoms with Crippen molar-refractivity contribution >= 4 is 27.3 Å². The zero-order valence-electron chi connectivity index (χ0n) is 16.2. The molecule has 0 atom stereocenters. The van der Waals surface area contributed by atoms with E-state index in [1.165, 1.54) is 16.4 Å². The van der Waals surface area contributed by atoms with Crippen LogP contribution in [-0.2, 0) is 14.8 Å². The Hall–Kier alpha value is -2.36. The van der Waals surface area contributed by atoms with Gasteiger partial charge in [0, 0.05) is 26.2 Å². The van der Waals surface area contributed by atoms with Crippen LogP contribution in [0.25, 0.3) is 0 Å². The lowest BCUT2D eigenvalue weighted by molar-refractivity contribution is 0.0991. The van der Waals surface area contributed by atoms with Crippen LogP contribution in [-0.4, -0.2) is 58.0 Å². The third kappa shape index (κ3) is 4.31. The Labute approximate surface area is 170 Å². The maximum Gasteiger partial charge on any atom is 0.291 e. The van der Waals surface area contributed by atoms with E-state index in [1.54, 1.807) is 0 Å². The third-order valence-electron chi connectivity index (χ3n) is 5.22. The first-order valence-corrected chi connectivity index (χ1v) is 11.3. The number of hydrogen-bond donors (Lipinski definition) is 1. The van der Waals surface area contributed by atoms with Gasteiger partial charge in [0.25, 0.3) is 15.9 Å². The van der Waals surface area contributed by atoms with Gasteiger partial charge < -0.3 is 19.4 Å². The number of benzene rings is 1. The maximum atomic E-state index is 12.7. The smallest absolute Gasteiger partial charge is 0.291 e. The molecule has 1 aromatic carbocycles. The number of hydrogen-bond acceptors (Lipinski definition) is 6. The van der Waals surface area contributed by atoms with Crippen LogP contribution in [0.3, 0.4) is 0 Å². The van der Waals surface area contributed by atoms with E-state index in [4.69, 9.17) is 9.15 Å². The molecule has 0 radical (unpaired) electrons. The second kappa shape index (κ2) is 8.56. The van der Waals surface area contributed by atoms with Gasteiger partial charge in [-0.3, -0.25) is 4.79 Å². The fourth-order valence-corrected chi connectivity index (χ4v) is 5.09. The third-order valence-corrected chi connectivity index (χ3v) is 6.99. The first kappa shape index (κ1) is 19.9. The zero-order valence-corrected chi connectivity index (χ0v) is 17.0. The molecule has 1 amide bonds. The lowest BCUT2D eigenvalue weighted by atomic mass is 10.2. The standard InChI is InChI=1S/C20H25N3O5S/c24-20(21-16-6-2-3-7-17(16)22-12-14-27-15-13-22)18-8-9-19(28-18)29(25,26)23-10-4-1-5-11-23/h2-3,6-9H,1,4-5,10-15H2,(H,21,24). The van der Waals surface area contributed by atoms with Crippen molar-refractivity contribution in [2.45, 2.75) is 24.4 Å². The number of piperidine rings is 1. The van der Waals surface area contributed by atoms with Gasteiger partial charge in [-0.05, 0) is 37.1 Å². The molecule has 2 aromatic rings. The van der Waals surface area contributed by atoms with Crippen LogP contribution in [0.2, 0.25) is 0 Å². The summed E-state index contributed by atoms with van der Waals surface area (Å²) < 4.78 is 37.7. The molecule has 2 aliphatic rings. The van der Waals surface area contributed by atoms with Gasteiger partial charge in [0.15, 0.2) is 5.76 Å². The summed E-state index contributed by atoms with van der Waals surface area (Å²) in [6.45, 7) is 3.73. The number of nitrogens with one attached hydrogen (secondary N) is 1. The monoisotopic (exact) mass is 419 g/mol. The molecule has 0 aliphatic carbocycles. The van der Waals surface area contributed by atoms with Crippen molar-refractivity contribution in [3.05, 3.63) is 42.2 Å². The quantitative estimate of drug-likeness (QED) is 0.801. The van der Waals surface area contributed by atoms with E-state index < -0.39 is 15.9 Å². The number of para-hydroxylation sites is 2. The molecule has 4 rings (SSSR count). The van der Waals surface area contributed by atoms with E-state index in [9.17, 15) is 13.2 Å². The minimum Gasteiger partial charge on any atom is -0.438 e. The van der Waals surface area contributed by atoms with Crippen LogP contribution >= 0.6 is 0 Å². The van der Waals surface area contributed by atoms with Crippen molar-refractivity contribution in [1.29, 1.82) is 0 Å². The molecule has 156 valence electrons. The molecule has 0 saturated carbocycles. The number of ether oxygens (including phenoxy) is 1. The van der Waals surface area contributed by atoms with Crippen LogP contribution in [0.1, 0.15) is 29.8 Å². The van der Waals surface area contributed by atoms with Crippen LogP contribution in [0.5, 0.6) is 0 Å². The van der Waals surface area contributed by atoms with E-state index in [-0.39, 0.29) is 10.9 Å². The van der Waals surface area contributed by atoms with Gasteiger partial charge in [0.05, 0.1) is 24.6 Å². The minimum atomic E-state index is -3.71. The molecule has 3 heterocycles.